The van der Waals surface area contributed by atoms with Crippen LogP contribution in [0.3, 0.4) is 0 Å². The number of aromatic nitrogens is 3. The predicted molar refractivity (Wildman–Crippen MR) is 343 cm³/mol. The van der Waals surface area contributed by atoms with Gasteiger partial charge in [0.25, 0.3) is 5.91 Å². The average molecular weight is 1190 g/mol. The highest BCUT2D eigenvalue weighted by Crippen LogP contribution is 2.67. The number of ether oxygens (including phenoxy) is 2. The molecule has 85 heavy (non-hydrogen) atoms. The number of hydrogen-bond acceptors (Lipinski definition) is 13. The summed E-state index contributed by atoms with van der Waals surface area (Å²) < 4.78 is 21.7. The first-order valence-corrected chi connectivity index (χ1v) is 37.2. The summed E-state index contributed by atoms with van der Waals surface area (Å²) in [6.45, 7) is 21.6. The number of esters is 1. The molecule has 2 fully saturated rings. The number of aliphatic hydroxyl groups is 3. The average Bonchev–Trinajstić information content (AvgIpc) is 1.52. The van der Waals surface area contributed by atoms with E-state index in [9.17, 15) is 15.3 Å². The molecule has 4 aliphatic heterocycles. The van der Waals surface area contributed by atoms with E-state index in [0.717, 1.165) is 81.1 Å². The molecule has 1 saturated heterocycles. The lowest BCUT2D eigenvalue weighted by Gasteiger charge is -2.63. The number of anilines is 2. The molecular weight excluding hydrogens is 1100 g/mol. The molecule has 4 aromatic carbocycles. The molecular formula is C67H92N8O8Si2. The summed E-state index contributed by atoms with van der Waals surface area (Å²) in [5.74, 6) is -0.840. The van der Waals surface area contributed by atoms with Crippen LogP contribution >= 0.6 is 0 Å². The lowest BCUT2D eigenvalue weighted by molar-refractivity contribution is -0.203. The third-order valence-electron chi connectivity index (χ3n) is 21.0. The molecule has 18 heteroatoms. The molecule has 6 aromatic rings. The van der Waals surface area contributed by atoms with Gasteiger partial charge < -0.3 is 54.3 Å². The van der Waals surface area contributed by atoms with Gasteiger partial charge in [0, 0.05) is 109 Å². The van der Waals surface area contributed by atoms with E-state index in [1.165, 1.54) is 12.3 Å². The van der Waals surface area contributed by atoms with Crippen LogP contribution in [0.5, 0.6) is 5.75 Å². The number of methoxy groups -OCH3 is 2. The fraction of sp³-hybridized carbons (Fsp3) is 0.537. The molecule has 5 aliphatic rings. The Hall–Kier alpha value is -5.84. The first-order valence-electron chi connectivity index (χ1n) is 31.2. The Morgan fingerprint density at radius 2 is 1.68 bits per heavy atom. The van der Waals surface area contributed by atoms with Gasteiger partial charge in [0.05, 0.1) is 37.6 Å². The Bertz CT molecular complexity index is 3510. The summed E-state index contributed by atoms with van der Waals surface area (Å²) in [7, 11) is 2.78. The highest BCUT2D eigenvalue weighted by atomic mass is 28.4. The van der Waals surface area contributed by atoms with Gasteiger partial charge in [-0.3, -0.25) is 19.2 Å². The largest absolute Gasteiger partial charge is 0.496 e. The normalized spacial score (nSPS) is 28.8. The molecule has 2 aromatic heterocycles. The number of rotatable bonds is 17. The number of aromatic amines is 1. The van der Waals surface area contributed by atoms with Gasteiger partial charge in [-0.1, -0.05) is 76.2 Å². The molecule has 9 atom stereocenters. The summed E-state index contributed by atoms with van der Waals surface area (Å²) in [5.41, 5.74) is 1.04. The number of H-pyrrole nitrogens is 1. The summed E-state index contributed by atoms with van der Waals surface area (Å²) in [6.07, 6.45) is 8.38. The number of fused-ring (bicyclic) bond motifs is 5. The minimum atomic E-state index is -2.33. The van der Waals surface area contributed by atoms with Crippen LogP contribution in [0.2, 0.25) is 32.2 Å². The second kappa shape index (κ2) is 22.7. The summed E-state index contributed by atoms with van der Waals surface area (Å²) in [6, 6.07) is 26.8. The second-order valence-corrected chi connectivity index (χ2v) is 35.2. The van der Waals surface area contributed by atoms with Crippen molar-refractivity contribution in [1.29, 1.82) is 0 Å². The van der Waals surface area contributed by atoms with Crippen molar-refractivity contribution in [2.45, 2.75) is 158 Å². The van der Waals surface area contributed by atoms with E-state index in [1.807, 2.05) is 69.4 Å². The van der Waals surface area contributed by atoms with Crippen molar-refractivity contribution >= 4 is 66.9 Å². The number of amides is 1. The van der Waals surface area contributed by atoms with E-state index in [0.29, 0.717) is 69.6 Å². The van der Waals surface area contributed by atoms with E-state index in [2.05, 4.69) is 131 Å². The Kier molecular flexibility index (Phi) is 16.3. The number of para-hydroxylation sites is 1. The van der Waals surface area contributed by atoms with Crippen LogP contribution in [-0.4, -0.2) is 159 Å². The molecule has 456 valence electrons. The summed E-state index contributed by atoms with van der Waals surface area (Å²) >= 11 is 0. The SMILES string of the molecule is CCN1CCc2c([nH]c3ccccc23)[C@@](C(=O)OC)(c2cc3c(cc2OC)N(C)[C@H]2[C@@](O)(C(=O)NCc4ccc5c(cnn5CCC[Si](C)(C)O[Si](C)(C)c5ccc(NC)cc5)c4)[C@H](O)[C@]4(CC)C=CCN5CC[C@]32[C@H]54)C[C@H](C)C[C@@](O)(CC)C1. The Balaban J connectivity index is 0.944. The monoisotopic (exact) mass is 1190 g/mol. The minimum Gasteiger partial charge on any atom is -0.496 e. The van der Waals surface area contributed by atoms with Crippen LogP contribution in [0.15, 0.2) is 97.2 Å². The Morgan fingerprint density at radius 1 is 0.918 bits per heavy atom. The van der Waals surface area contributed by atoms with Crippen molar-refractivity contribution in [2.75, 3.05) is 71.3 Å². The van der Waals surface area contributed by atoms with Crippen LogP contribution in [0.25, 0.3) is 21.8 Å². The molecule has 1 aliphatic carbocycles. The van der Waals surface area contributed by atoms with Crippen LogP contribution in [-0.2, 0) is 48.8 Å². The molecule has 1 amide bonds. The number of β-amino-alcohol motifs (C(OH)–C–C–N with tert-alkyl or cyclic N) is 1. The van der Waals surface area contributed by atoms with E-state index in [1.54, 1.807) is 7.11 Å². The Labute approximate surface area is 504 Å². The van der Waals surface area contributed by atoms with Gasteiger partial charge in [-0.2, -0.15) is 5.10 Å². The highest BCUT2D eigenvalue weighted by Gasteiger charge is 2.78. The van der Waals surface area contributed by atoms with Gasteiger partial charge in [0.1, 0.15) is 17.3 Å². The lowest BCUT2D eigenvalue weighted by atomic mass is 9.47. The molecule has 16 nitrogen and oxygen atoms in total. The van der Waals surface area contributed by atoms with Crippen molar-refractivity contribution in [3.05, 3.63) is 125 Å². The molecule has 1 spiro atoms. The van der Waals surface area contributed by atoms with E-state index in [-0.39, 0.29) is 24.9 Å². The third kappa shape index (κ3) is 9.89. The van der Waals surface area contributed by atoms with Crippen LogP contribution in [0.4, 0.5) is 11.4 Å². The molecule has 0 unspecified atom stereocenters. The number of benzene rings is 4. The zero-order chi connectivity index (χ0) is 60.6. The number of aliphatic hydroxyl groups excluding tert-OH is 1. The van der Waals surface area contributed by atoms with Crippen molar-refractivity contribution in [3.8, 4) is 5.75 Å². The molecule has 6 N–H and O–H groups in total. The number of likely N-dealkylation sites (N-methyl/N-ethyl adjacent to an activating group) is 2. The van der Waals surface area contributed by atoms with Gasteiger partial charge in [-0.05, 0) is 154 Å². The quantitative estimate of drug-likeness (QED) is 0.0289. The van der Waals surface area contributed by atoms with Crippen molar-refractivity contribution in [2.24, 2.45) is 11.3 Å². The Morgan fingerprint density at radius 3 is 2.39 bits per heavy atom. The van der Waals surface area contributed by atoms with Crippen LogP contribution in [0.1, 0.15) is 94.2 Å². The number of nitrogens with one attached hydrogen (secondary N) is 3. The van der Waals surface area contributed by atoms with Gasteiger partial charge in [0.2, 0.25) is 8.32 Å². The number of hydrogen-bond donors (Lipinski definition) is 6. The molecule has 0 radical (unpaired) electrons. The zero-order valence-electron chi connectivity index (χ0n) is 52.3. The third-order valence-corrected chi connectivity index (χ3v) is 28.5. The fourth-order valence-electron chi connectivity index (χ4n) is 17.1. The van der Waals surface area contributed by atoms with Crippen LogP contribution in [0, 0.1) is 11.3 Å². The molecule has 0 bridgehead atoms. The van der Waals surface area contributed by atoms with Crippen molar-refractivity contribution in [3.63, 3.8) is 0 Å². The van der Waals surface area contributed by atoms with Crippen LogP contribution < -0.4 is 25.5 Å². The molecule has 11 rings (SSSR count). The van der Waals surface area contributed by atoms with Gasteiger partial charge in [-0.15, -0.1) is 0 Å². The smallest absolute Gasteiger partial charge is 0.322 e. The number of nitrogens with zero attached hydrogens (tertiary/aromatic N) is 5. The maximum atomic E-state index is 15.7. The lowest BCUT2D eigenvalue weighted by Crippen LogP contribution is -2.81. The standard InChI is InChI=1S/C67H92N8O8Si2/c1-13-63(79)39-44(4)40-66(62(78)82-8,57-50(28-33-73(15-3)43-63)49-20-16-17-21-53(49)71-57)52-37-51-55(38-56(52)81-7)72(6)59-65(51)30-34-74-31-18-29-64(14-2,58(65)74)60(76)67(59,80)61(77)69-41-45-22-27-54-46(36-45)42-70-75(54)32-19-35-84(9,10)83-85(11,12)48-25-23-47(68-5)24-26-48/h16-18,20-27,29,36-38,42,44,58-60,68,71,76,79-80H,13-15,19,28,30-35,39-41,43H2,1-12H3,(H,69,77)/t44-,58-,59-,60-,63+,64-,65-,66+,67+/m1/s1. The number of carbonyl (C=O) groups is 2. The summed E-state index contributed by atoms with van der Waals surface area (Å²) in [4.78, 5) is 41.9. The van der Waals surface area contributed by atoms with Crippen molar-refractivity contribution < 1.29 is 38.5 Å². The number of carbonyl (C=O) groups excluding carboxylic acids is 2. The fourth-order valence-corrected chi connectivity index (χ4v) is 25.5. The topological polar surface area (TPSA) is 190 Å². The first-order chi connectivity index (χ1) is 40.5. The second-order valence-electron chi connectivity index (χ2n) is 26.7. The zero-order valence-corrected chi connectivity index (χ0v) is 54.3. The molecule has 6 heterocycles. The summed E-state index contributed by atoms with van der Waals surface area (Å²) in [5, 5.41) is 54.1. The van der Waals surface area contributed by atoms with E-state index >= 15 is 9.59 Å². The van der Waals surface area contributed by atoms with Gasteiger partial charge in [-0.25, -0.2) is 0 Å². The van der Waals surface area contributed by atoms with E-state index < -0.39 is 68.1 Å². The van der Waals surface area contributed by atoms with Gasteiger partial charge >= 0.3 is 5.97 Å². The predicted octanol–water partition coefficient (Wildman–Crippen LogP) is 8.71. The molecule has 1 saturated carbocycles. The maximum Gasteiger partial charge on any atom is 0.322 e. The highest BCUT2D eigenvalue weighted by molar-refractivity contribution is 6.92. The minimum absolute atomic E-state index is 0.109. The number of aryl methyl sites for hydroxylation is 1. The first kappa shape index (κ1) is 60.8. The van der Waals surface area contributed by atoms with Gasteiger partial charge in [0.15, 0.2) is 13.9 Å². The van der Waals surface area contributed by atoms with E-state index in [4.69, 9.17) is 18.7 Å². The maximum absolute atomic E-state index is 15.7. The van der Waals surface area contributed by atoms with Crippen molar-refractivity contribution in [1.82, 2.24) is 29.9 Å².